The van der Waals surface area contributed by atoms with Crippen LogP contribution in [0.3, 0.4) is 0 Å². The standard InChI is InChI=1S/C16H21NS/c1-4-13-14(9-17-12-7-8-12)18-16-11(3)6-5-10(2)15(13)16/h5-6,12,17H,4,7-9H2,1-3H3. The van der Waals surface area contributed by atoms with E-state index < -0.39 is 0 Å². The second kappa shape index (κ2) is 4.67. The van der Waals surface area contributed by atoms with E-state index in [1.165, 1.54) is 34.1 Å². The molecular formula is C16H21NS. The van der Waals surface area contributed by atoms with Crippen LogP contribution in [0, 0.1) is 13.8 Å². The molecule has 0 saturated heterocycles. The third-order valence-corrected chi connectivity index (χ3v) is 5.28. The van der Waals surface area contributed by atoms with Gasteiger partial charge in [-0.1, -0.05) is 19.1 Å². The number of hydrogen-bond donors (Lipinski definition) is 1. The molecule has 0 atom stereocenters. The molecule has 1 N–H and O–H groups in total. The number of thiophene rings is 1. The highest BCUT2D eigenvalue weighted by atomic mass is 32.1. The molecule has 1 heterocycles. The van der Waals surface area contributed by atoms with Gasteiger partial charge >= 0.3 is 0 Å². The highest BCUT2D eigenvalue weighted by Crippen LogP contribution is 2.36. The molecule has 1 aromatic carbocycles. The van der Waals surface area contributed by atoms with Crippen molar-refractivity contribution >= 4 is 21.4 Å². The maximum absolute atomic E-state index is 3.66. The van der Waals surface area contributed by atoms with Gasteiger partial charge in [0.25, 0.3) is 0 Å². The van der Waals surface area contributed by atoms with Crippen LogP contribution >= 0.6 is 11.3 Å². The molecule has 2 aromatic rings. The van der Waals surface area contributed by atoms with Gasteiger partial charge in [0.2, 0.25) is 0 Å². The van der Waals surface area contributed by atoms with E-state index in [9.17, 15) is 0 Å². The lowest BCUT2D eigenvalue weighted by Gasteiger charge is -2.05. The molecular weight excluding hydrogens is 238 g/mol. The largest absolute Gasteiger partial charge is 0.309 e. The lowest BCUT2D eigenvalue weighted by molar-refractivity contribution is 0.691. The highest BCUT2D eigenvalue weighted by Gasteiger charge is 2.21. The van der Waals surface area contributed by atoms with Crippen LogP contribution in [0.5, 0.6) is 0 Å². The van der Waals surface area contributed by atoms with E-state index in [2.05, 4.69) is 38.2 Å². The molecule has 1 saturated carbocycles. The monoisotopic (exact) mass is 259 g/mol. The van der Waals surface area contributed by atoms with Crippen molar-refractivity contribution in [3.05, 3.63) is 33.7 Å². The fourth-order valence-electron chi connectivity index (χ4n) is 2.66. The van der Waals surface area contributed by atoms with Gasteiger partial charge < -0.3 is 5.32 Å². The minimum absolute atomic E-state index is 0.794. The van der Waals surface area contributed by atoms with E-state index in [4.69, 9.17) is 0 Å². The average molecular weight is 259 g/mol. The number of rotatable bonds is 4. The summed E-state index contributed by atoms with van der Waals surface area (Å²) >= 11 is 2.00. The molecule has 2 heteroatoms. The number of nitrogens with one attached hydrogen (secondary N) is 1. The summed E-state index contributed by atoms with van der Waals surface area (Å²) < 4.78 is 1.50. The van der Waals surface area contributed by atoms with Crippen LogP contribution in [-0.2, 0) is 13.0 Å². The van der Waals surface area contributed by atoms with Gasteiger partial charge in [0.05, 0.1) is 0 Å². The fraction of sp³-hybridized carbons (Fsp3) is 0.500. The van der Waals surface area contributed by atoms with Gasteiger partial charge in [0.15, 0.2) is 0 Å². The van der Waals surface area contributed by atoms with E-state index in [0.717, 1.165) is 19.0 Å². The number of aryl methyl sites for hydroxylation is 3. The lowest BCUT2D eigenvalue weighted by atomic mass is 10.0. The van der Waals surface area contributed by atoms with Gasteiger partial charge in [0, 0.05) is 22.2 Å². The molecule has 1 fully saturated rings. The van der Waals surface area contributed by atoms with Crippen molar-refractivity contribution in [2.45, 2.75) is 52.6 Å². The normalized spacial score (nSPS) is 15.5. The van der Waals surface area contributed by atoms with E-state index in [1.807, 2.05) is 11.3 Å². The van der Waals surface area contributed by atoms with Crippen LogP contribution in [0.1, 0.15) is 41.3 Å². The molecule has 96 valence electrons. The van der Waals surface area contributed by atoms with E-state index in [1.54, 1.807) is 10.4 Å². The molecule has 1 aliphatic carbocycles. The summed E-state index contributed by atoms with van der Waals surface area (Å²) in [4.78, 5) is 1.55. The Morgan fingerprint density at radius 1 is 1.22 bits per heavy atom. The maximum Gasteiger partial charge on any atom is 0.0380 e. The Bertz CT molecular complexity index is 578. The number of benzene rings is 1. The van der Waals surface area contributed by atoms with Gasteiger partial charge in [-0.15, -0.1) is 11.3 Å². The van der Waals surface area contributed by atoms with Crippen LogP contribution in [0.4, 0.5) is 0 Å². The number of hydrogen-bond acceptors (Lipinski definition) is 2. The SMILES string of the molecule is CCc1c(CNC2CC2)sc2c(C)ccc(C)c12. The average Bonchev–Trinajstić information content (AvgIpc) is 3.11. The Morgan fingerprint density at radius 3 is 2.61 bits per heavy atom. The predicted molar refractivity (Wildman–Crippen MR) is 80.5 cm³/mol. The zero-order valence-corrected chi connectivity index (χ0v) is 12.3. The summed E-state index contributed by atoms with van der Waals surface area (Å²) in [6.45, 7) is 7.82. The summed E-state index contributed by atoms with van der Waals surface area (Å²) in [7, 11) is 0. The Labute approximate surface area is 113 Å². The van der Waals surface area contributed by atoms with E-state index >= 15 is 0 Å². The van der Waals surface area contributed by atoms with Crippen molar-refractivity contribution in [3.8, 4) is 0 Å². The molecule has 0 unspecified atom stereocenters. The molecule has 0 radical (unpaired) electrons. The highest BCUT2D eigenvalue weighted by molar-refractivity contribution is 7.19. The first-order valence-electron chi connectivity index (χ1n) is 6.94. The Kier molecular flexibility index (Phi) is 3.16. The molecule has 0 amide bonds. The van der Waals surface area contributed by atoms with E-state index in [-0.39, 0.29) is 0 Å². The molecule has 1 aliphatic rings. The van der Waals surface area contributed by atoms with Gasteiger partial charge in [0.1, 0.15) is 0 Å². The summed E-state index contributed by atoms with van der Waals surface area (Å²) in [6.07, 6.45) is 3.88. The van der Waals surface area contributed by atoms with Gasteiger partial charge in [-0.2, -0.15) is 0 Å². The Hall–Kier alpha value is -0.860. The summed E-state index contributed by atoms with van der Waals surface area (Å²) in [5, 5.41) is 5.18. The smallest absolute Gasteiger partial charge is 0.0380 e. The van der Waals surface area contributed by atoms with Crippen molar-refractivity contribution in [2.75, 3.05) is 0 Å². The van der Waals surface area contributed by atoms with Crippen molar-refractivity contribution in [2.24, 2.45) is 0 Å². The first-order chi connectivity index (χ1) is 8.70. The third kappa shape index (κ3) is 2.08. The topological polar surface area (TPSA) is 12.0 Å². The fourth-order valence-corrected chi connectivity index (χ4v) is 4.04. The minimum Gasteiger partial charge on any atom is -0.309 e. The second-order valence-electron chi connectivity index (χ2n) is 5.42. The van der Waals surface area contributed by atoms with Gasteiger partial charge in [-0.05, 0) is 55.2 Å². The van der Waals surface area contributed by atoms with Crippen LogP contribution in [0.2, 0.25) is 0 Å². The predicted octanol–water partition coefficient (Wildman–Crippen LogP) is 4.33. The van der Waals surface area contributed by atoms with Crippen LogP contribution < -0.4 is 5.32 Å². The summed E-state index contributed by atoms with van der Waals surface area (Å²) in [5.74, 6) is 0. The molecule has 0 bridgehead atoms. The van der Waals surface area contributed by atoms with Crippen molar-refractivity contribution < 1.29 is 0 Å². The first-order valence-corrected chi connectivity index (χ1v) is 7.76. The second-order valence-corrected chi connectivity index (χ2v) is 6.52. The Balaban J connectivity index is 2.06. The summed E-state index contributed by atoms with van der Waals surface area (Å²) in [6, 6.07) is 5.31. The van der Waals surface area contributed by atoms with Crippen molar-refractivity contribution in [3.63, 3.8) is 0 Å². The zero-order valence-electron chi connectivity index (χ0n) is 11.5. The zero-order chi connectivity index (χ0) is 12.7. The van der Waals surface area contributed by atoms with Crippen LogP contribution in [0.25, 0.3) is 10.1 Å². The first kappa shape index (κ1) is 12.2. The van der Waals surface area contributed by atoms with Crippen LogP contribution in [0.15, 0.2) is 12.1 Å². The lowest BCUT2D eigenvalue weighted by Crippen LogP contribution is -2.15. The maximum atomic E-state index is 3.66. The quantitative estimate of drug-likeness (QED) is 0.861. The molecule has 1 nitrogen and oxygen atoms in total. The van der Waals surface area contributed by atoms with Gasteiger partial charge in [-0.3, -0.25) is 0 Å². The molecule has 1 aromatic heterocycles. The molecule has 0 spiro atoms. The minimum atomic E-state index is 0.794. The van der Waals surface area contributed by atoms with Crippen molar-refractivity contribution in [1.29, 1.82) is 0 Å². The molecule has 0 aliphatic heterocycles. The Morgan fingerprint density at radius 2 is 1.94 bits per heavy atom. The van der Waals surface area contributed by atoms with Crippen LogP contribution in [-0.4, -0.2) is 6.04 Å². The summed E-state index contributed by atoms with van der Waals surface area (Å²) in [5.41, 5.74) is 4.43. The van der Waals surface area contributed by atoms with Crippen molar-refractivity contribution in [1.82, 2.24) is 5.32 Å². The molecule has 3 rings (SSSR count). The number of fused-ring (bicyclic) bond motifs is 1. The van der Waals surface area contributed by atoms with Gasteiger partial charge in [-0.25, -0.2) is 0 Å². The molecule has 18 heavy (non-hydrogen) atoms. The van der Waals surface area contributed by atoms with E-state index in [0.29, 0.717) is 0 Å². The third-order valence-electron chi connectivity index (χ3n) is 3.91.